The molecule has 0 saturated carbocycles. The van der Waals surface area contributed by atoms with Gasteiger partial charge in [-0.1, -0.05) is 74.9 Å². The number of likely N-dealkylation sites (tertiary alicyclic amines) is 2. The number of aryl methyl sites for hydroxylation is 1. The zero-order chi connectivity index (χ0) is 42.9. The zero-order valence-electron chi connectivity index (χ0n) is 34.9. The predicted octanol–water partition coefficient (Wildman–Crippen LogP) is 6.37. The van der Waals surface area contributed by atoms with Crippen LogP contribution in [0, 0.1) is 6.92 Å². The van der Waals surface area contributed by atoms with Crippen molar-refractivity contribution in [2.24, 2.45) is 0 Å². The lowest BCUT2D eigenvalue weighted by molar-refractivity contribution is -0.141. The topological polar surface area (TPSA) is 194 Å². The highest BCUT2D eigenvalue weighted by Crippen LogP contribution is 2.32. The first kappa shape index (κ1) is 43.4. The van der Waals surface area contributed by atoms with Crippen LogP contribution in [-0.2, 0) is 25.7 Å². The Balaban J connectivity index is 0.716. The van der Waals surface area contributed by atoms with Crippen molar-refractivity contribution in [2.45, 2.75) is 115 Å². The van der Waals surface area contributed by atoms with Gasteiger partial charge in [0.15, 0.2) is 5.65 Å². The molecule has 3 atom stereocenters. The summed E-state index contributed by atoms with van der Waals surface area (Å²) in [6, 6.07) is 17.3. The lowest BCUT2D eigenvalue weighted by atomic mass is 9.95. The normalized spacial score (nSPS) is 17.0. The van der Waals surface area contributed by atoms with Gasteiger partial charge in [0, 0.05) is 68.0 Å². The maximum Gasteiger partial charge on any atom is 0.245 e. The number of hydrogen-bond donors (Lipinski definition) is 5. The maximum atomic E-state index is 13.3. The van der Waals surface area contributed by atoms with E-state index in [1.54, 1.807) is 30.4 Å². The molecule has 5 N–H and O–H groups in total. The van der Waals surface area contributed by atoms with Crippen molar-refractivity contribution < 1.29 is 29.4 Å². The van der Waals surface area contributed by atoms with Gasteiger partial charge in [-0.2, -0.15) is 0 Å². The van der Waals surface area contributed by atoms with E-state index in [0.29, 0.717) is 49.4 Å². The molecule has 61 heavy (non-hydrogen) atoms. The number of aromatic amines is 1. The van der Waals surface area contributed by atoms with Crippen LogP contribution in [0.1, 0.15) is 100 Å². The fourth-order valence-corrected chi connectivity index (χ4v) is 9.06. The minimum Gasteiger partial charge on any atom is -0.507 e. The monoisotopic (exact) mass is 848 g/mol. The second-order valence-corrected chi connectivity index (χ2v) is 17.3. The van der Waals surface area contributed by atoms with Crippen molar-refractivity contribution in [1.82, 2.24) is 40.6 Å². The van der Waals surface area contributed by atoms with Crippen LogP contribution < -0.4 is 10.6 Å². The van der Waals surface area contributed by atoms with Gasteiger partial charge in [0.2, 0.25) is 23.6 Å². The number of β-amino-alcohol motifs (C(OH)–C–C–N with tert-alkyl or cyclic N) is 1. The molecular formula is C46H56N8O6S. The number of nitrogens with one attached hydrogen (secondary N) is 3. The Kier molecular flexibility index (Phi) is 14.4. The van der Waals surface area contributed by atoms with Crippen LogP contribution in [-0.4, -0.2) is 102 Å². The average Bonchev–Trinajstić information content (AvgIpc) is 3.97. The standard InChI is InChI=1S/C46H56N8O6S/c1-29-43(61-28-48-29)32-19-17-31(18-20-32)24-47-45(59)39-23-35(55)27-54(39)46(60)30(2)49-41(57)15-9-7-5-3-4-6-8-10-16-42(58)53-25-34(26-53)37-21-33-22-38(51-52-44(33)50-37)36-13-11-12-14-40(36)56/h11-14,17-22,28,30,34-35,39,55-56H,3-10,15-16,23-27H2,1-2H3,(H,47,59)(H,49,57)(H,50,52)/t30-,35+,39-/m0/s1. The molecule has 15 heteroatoms. The molecule has 7 rings (SSSR count). The molecular weight excluding hydrogens is 793 g/mol. The molecule has 2 fully saturated rings. The highest BCUT2D eigenvalue weighted by atomic mass is 32.1. The molecule has 14 nitrogen and oxygen atoms in total. The number of aromatic nitrogens is 4. The summed E-state index contributed by atoms with van der Waals surface area (Å²) in [5.41, 5.74) is 7.76. The molecule has 0 unspecified atom stereocenters. The summed E-state index contributed by atoms with van der Waals surface area (Å²) in [4.78, 5) is 64.1. The summed E-state index contributed by atoms with van der Waals surface area (Å²) >= 11 is 1.58. The molecule has 4 amide bonds. The third kappa shape index (κ3) is 11.0. The number of carbonyl (C=O) groups is 4. The molecule has 3 aromatic heterocycles. The number of aromatic hydroxyl groups is 1. The van der Waals surface area contributed by atoms with Gasteiger partial charge in [-0.25, -0.2) is 4.98 Å². The van der Waals surface area contributed by atoms with E-state index in [1.807, 2.05) is 59.8 Å². The molecule has 0 spiro atoms. The third-order valence-corrected chi connectivity index (χ3v) is 12.8. The van der Waals surface area contributed by atoms with E-state index in [2.05, 4.69) is 36.9 Å². The highest BCUT2D eigenvalue weighted by molar-refractivity contribution is 7.13. The fourth-order valence-electron chi connectivity index (χ4n) is 8.24. The minimum atomic E-state index is -0.813. The number of H-pyrrole nitrogens is 1. The van der Waals surface area contributed by atoms with Gasteiger partial charge >= 0.3 is 0 Å². The number of aliphatic hydroxyl groups is 1. The average molecular weight is 849 g/mol. The van der Waals surface area contributed by atoms with Crippen LogP contribution >= 0.6 is 11.3 Å². The number of aliphatic hydroxyl groups excluding tert-OH is 1. The van der Waals surface area contributed by atoms with Crippen LogP contribution in [0.3, 0.4) is 0 Å². The van der Waals surface area contributed by atoms with Crippen molar-refractivity contribution in [3.8, 4) is 27.4 Å². The Morgan fingerprint density at radius 2 is 1.61 bits per heavy atom. The Labute approximate surface area is 360 Å². The van der Waals surface area contributed by atoms with Gasteiger partial charge < -0.3 is 35.6 Å². The number of phenols is 1. The summed E-state index contributed by atoms with van der Waals surface area (Å²) in [6.45, 7) is 5.31. The number of amides is 4. The summed E-state index contributed by atoms with van der Waals surface area (Å²) < 4.78 is 0. The minimum absolute atomic E-state index is 0.0457. The number of unbranched alkanes of at least 4 members (excludes halogenated alkanes) is 7. The number of rotatable bonds is 19. The summed E-state index contributed by atoms with van der Waals surface area (Å²) in [5, 5.41) is 35.8. The number of benzene rings is 2. The van der Waals surface area contributed by atoms with Gasteiger partial charge in [0.25, 0.3) is 0 Å². The van der Waals surface area contributed by atoms with Crippen molar-refractivity contribution in [2.75, 3.05) is 19.6 Å². The van der Waals surface area contributed by atoms with E-state index >= 15 is 0 Å². The molecule has 0 bridgehead atoms. The lowest BCUT2D eigenvalue weighted by Crippen LogP contribution is -2.52. The molecule has 2 aliphatic rings. The van der Waals surface area contributed by atoms with Crippen molar-refractivity contribution >= 4 is 46.0 Å². The Bertz CT molecular complexity index is 2300. The molecule has 2 saturated heterocycles. The van der Waals surface area contributed by atoms with Crippen LogP contribution in [0.4, 0.5) is 0 Å². The SMILES string of the molecule is Cc1ncsc1-c1ccc(CNC(=O)[C@@H]2C[C@@H](O)CN2C(=O)[C@H](C)NC(=O)CCCCCCCCCCC(=O)N2CC(c3cc4cc(-c5ccccc5O)nnc4[nH]3)C2)cc1. The molecule has 2 aliphatic heterocycles. The van der Waals surface area contributed by atoms with Crippen LogP contribution in [0.15, 0.2) is 66.2 Å². The van der Waals surface area contributed by atoms with E-state index in [4.69, 9.17) is 0 Å². The molecule has 5 heterocycles. The molecule has 0 radical (unpaired) electrons. The maximum absolute atomic E-state index is 13.3. The van der Waals surface area contributed by atoms with E-state index < -0.39 is 18.2 Å². The van der Waals surface area contributed by atoms with E-state index in [0.717, 1.165) is 84.1 Å². The zero-order valence-corrected chi connectivity index (χ0v) is 35.8. The fraction of sp³-hybridized carbons (Fsp3) is 0.457. The third-order valence-electron chi connectivity index (χ3n) is 11.8. The summed E-state index contributed by atoms with van der Waals surface area (Å²) in [5.74, 6) is -0.317. The first-order valence-electron chi connectivity index (χ1n) is 21.5. The lowest BCUT2D eigenvalue weighted by Gasteiger charge is -2.39. The Morgan fingerprint density at radius 3 is 2.31 bits per heavy atom. The van der Waals surface area contributed by atoms with Crippen LogP contribution in [0.5, 0.6) is 5.75 Å². The van der Waals surface area contributed by atoms with E-state index in [9.17, 15) is 29.4 Å². The Hall–Kier alpha value is -5.67. The van der Waals surface area contributed by atoms with Crippen molar-refractivity contribution in [3.05, 3.63) is 83.1 Å². The van der Waals surface area contributed by atoms with Gasteiger partial charge in [-0.3, -0.25) is 19.2 Å². The van der Waals surface area contributed by atoms with E-state index in [1.165, 1.54) is 4.90 Å². The quantitative estimate of drug-likeness (QED) is 0.0587. The number of para-hydroxylation sites is 1. The smallest absolute Gasteiger partial charge is 0.245 e. The largest absolute Gasteiger partial charge is 0.507 e. The molecule has 322 valence electrons. The second-order valence-electron chi connectivity index (χ2n) is 16.5. The van der Waals surface area contributed by atoms with Crippen LogP contribution in [0.25, 0.3) is 32.7 Å². The first-order valence-corrected chi connectivity index (χ1v) is 22.4. The number of fused-ring (bicyclic) bond motifs is 1. The number of nitrogens with zero attached hydrogens (tertiary/aromatic N) is 5. The van der Waals surface area contributed by atoms with Gasteiger partial charge in [-0.05, 0) is 62.1 Å². The highest BCUT2D eigenvalue weighted by Gasteiger charge is 2.40. The van der Waals surface area contributed by atoms with Crippen LogP contribution in [0.2, 0.25) is 0 Å². The number of carbonyl (C=O) groups excluding carboxylic acids is 4. The Morgan fingerprint density at radius 1 is 0.902 bits per heavy atom. The van der Waals surface area contributed by atoms with Gasteiger partial charge in [-0.15, -0.1) is 21.5 Å². The predicted molar refractivity (Wildman–Crippen MR) is 234 cm³/mol. The summed E-state index contributed by atoms with van der Waals surface area (Å²) in [7, 11) is 0. The van der Waals surface area contributed by atoms with Gasteiger partial charge in [0.1, 0.15) is 17.8 Å². The molecule has 2 aromatic carbocycles. The number of hydrogen-bond acceptors (Lipinski definition) is 10. The van der Waals surface area contributed by atoms with Crippen molar-refractivity contribution in [3.63, 3.8) is 0 Å². The number of thiazole rings is 1. The molecule has 0 aliphatic carbocycles. The van der Waals surface area contributed by atoms with E-state index in [-0.39, 0.29) is 48.3 Å². The molecule has 5 aromatic rings. The van der Waals surface area contributed by atoms with Gasteiger partial charge in [0.05, 0.1) is 27.9 Å². The first-order chi connectivity index (χ1) is 29.5. The summed E-state index contributed by atoms with van der Waals surface area (Å²) in [6.07, 6.45) is 7.98. The number of phenolic OH excluding ortho intramolecular Hbond substituents is 1. The van der Waals surface area contributed by atoms with Crippen molar-refractivity contribution in [1.29, 1.82) is 0 Å². The second kappa shape index (κ2) is 20.3.